The molecule has 0 fully saturated rings. The van der Waals surface area contributed by atoms with Crippen molar-refractivity contribution in [2.45, 2.75) is 13.0 Å². The molecule has 0 saturated heterocycles. The number of benzene rings is 3. The minimum Gasteiger partial charge on any atom is -0.353 e. The van der Waals surface area contributed by atoms with E-state index in [1.807, 2.05) is 48.5 Å². The van der Waals surface area contributed by atoms with Gasteiger partial charge >= 0.3 is 0 Å². The first-order chi connectivity index (χ1) is 15.7. The van der Waals surface area contributed by atoms with Crippen molar-refractivity contribution >= 4 is 55.4 Å². The molecule has 0 bridgehead atoms. The topological polar surface area (TPSA) is 121 Å². The Bertz CT molecular complexity index is 1740. The van der Waals surface area contributed by atoms with Crippen LogP contribution in [0.2, 0.25) is 0 Å². The quantitative estimate of drug-likeness (QED) is 0.379. The van der Waals surface area contributed by atoms with Crippen molar-refractivity contribution in [3.05, 3.63) is 65.5 Å². The van der Waals surface area contributed by atoms with Crippen molar-refractivity contribution in [3.63, 3.8) is 0 Å². The Hall–Kier alpha value is -4.53. The van der Waals surface area contributed by atoms with Crippen LogP contribution in [-0.2, 0) is 13.0 Å². The molecule has 0 radical (unpaired) electrons. The average Bonchev–Trinajstić information content (AvgIpc) is 3.56. The van der Waals surface area contributed by atoms with E-state index < -0.39 is 0 Å². The van der Waals surface area contributed by atoms with Gasteiger partial charge in [-0.25, -0.2) is 0 Å². The average molecular weight is 421 g/mol. The number of hydrogen-bond donors (Lipinski definition) is 3. The summed E-state index contributed by atoms with van der Waals surface area (Å²) in [5.41, 5.74) is 4.51. The number of tetrazole rings is 1. The van der Waals surface area contributed by atoms with Gasteiger partial charge in [-0.15, -0.1) is 10.2 Å². The molecule has 154 valence electrons. The van der Waals surface area contributed by atoms with E-state index in [0.29, 0.717) is 29.9 Å². The smallest absolute Gasteiger partial charge is 0.259 e. The number of rotatable bonds is 3. The molecule has 7 rings (SSSR count). The fourth-order valence-electron chi connectivity index (χ4n) is 5.06. The summed E-state index contributed by atoms with van der Waals surface area (Å²) in [4.78, 5) is 29.4. The van der Waals surface area contributed by atoms with Crippen LogP contribution in [0.25, 0.3) is 43.6 Å². The Morgan fingerprint density at radius 1 is 0.875 bits per heavy atom. The van der Waals surface area contributed by atoms with Crippen molar-refractivity contribution < 1.29 is 9.59 Å². The minimum atomic E-state index is -0.358. The van der Waals surface area contributed by atoms with Gasteiger partial charge in [0.25, 0.3) is 11.8 Å². The fourth-order valence-corrected chi connectivity index (χ4v) is 5.06. The van der Waals surface area contributed by atoms with Crippen molar-refractivity contribution in [1.82, 2.24) is 35.5 Å². The molecule has 0 unspecified atom stereocenters. The molecule has 9 heteroatoms. The number of aryl methyl sites for hydroxylation is 2. The minimum absolute atomic E-state index is 0.356. The van der Waals surface area contributed by atoms with E-state index in [1.165, 1.54) is 0 Å². The monoisotopic (exact) mass is 421 g/mol. The van der Waals surface area contributed by atoms with Gasteiger partial charge in [-0.1, -0.05) is 41.6 Å². The van der Waals surface area contributed by atoms with Crippen molar-refractivity contribution in [2.75, 3.05) is 0 Å². The Balaban J connectivity index is 1.70. The van der Waals surface area contributed by atoms with Gasteiger partial charge in [-0.05, 0) is 12.1 Å². The van der Waals surface area contributed by atoms with Crippen LogP contribution in [0.5, 0.6) is 0 Å². The highest BCUT2D eigenvalue weighted by Gasteiger charge is 2.35. The van der Waals surface area contributed by atoms with Gasteiger partial charge in [-0.3, -0.25) is 14.9 Å². The van der Waals surface area contributed by atoms with Crippen LogP contribution in [0.4, 0.5) is 0 Å². The highest BCUT2D eigenvalue weighted by molar-refractivity contribution is 6.39. The van der Waals surface area contributed by atoms with E-state index in [2.05, 4.69) is 35.5 Å². The van der Waals surface area contributed by atoms with E-state index in [-0.39, 0.29) is 11.8 Å². The molecule has 3 aromatic heterocycles. The number of hydrogen-bond acceptors (Lipinski definition) is 5. The van der Waals surface area contributed by atoms with Crippen LogP contribution in [0.3, 0.4) is 0 Å². The number of H-pyrrole nitrogens is 2. The Labute approximate surface area is 179 Å². The van der Waals surface area contributed by atoms with E-state index in [0.717, 1.165) is 43.6 Å². The van der Waals surface area contributed by atoms with Gasteiger partial charge < -0.3 is 9.55 Å². The lowest BCUT2D eigenvalue weighted by atomic mass is 9.97. The number of para-hydroxylation sites is 2. The van der Waals surface area contributed by atoms with Crippen LogP contribution >= 0.6 is 0 Å². The van der Waals surface area contributed by atoms with Gasteiger partial charge in [0.15, 0.2) is 5.82 Å². The summed E-state index contributed by atoms with van der Waals surface area (Å²) in [6.07, 6.45) is 0.564. The number of fused-ring (bicyclic) bond motifs is 10. The molecule has 0 spiro atoms. The molecule has 0 aliphatic carbocycles. The number of nitrogens with one attached hydrogen (secondary N) is 3. The molecule has 6 aromatic rings. The second-order valence-electron chi connectivity index (χ2n) is 7.92. The zero-order valence-electron chi connectivity index (χ0n) is 16.6. The zero-order valence-corrected chi connectivity index (χ0v) is 16.6. The Kier molecular flexibility index (Phi) is 3.22. The molecular weight excluding hydrogens is 406 g/mol. The second-order valence-corrected chi connectivity index (χ2v) is 7.92. The first-order valence-corrected chi connectivity index (χ1v) is 10.3. The predicted octanol–water partition coefficient (Wildman–Crippen LogP) is 3.07. The lowest BCUT2D eigenvalue weighted by Crippen LogP contribution is -2.20. The van der Waals surface area contributed by atoms with Crippen LogP contribution in [0.1, 0.15) is 26.5 Å². The van der Waals surface area contributed by atoms with Gasteiger partial charge in [0.05, 0.1) is 22.2 Å². The maximum absolute atomic E-state index is 13.0. The zero-order chi connectivity index (χ0) is 21.4. The van der Waals surface area contributed by atoms with Gasteiger partial charge in [-0.2, -0.15) is 5.21 Å². The first kappa shape index (κ1) is 17.2. The lowest BCUT2D eigenvalue weighted by Gasteiger charge is -2.08. The van der Waals surface area contributed by atoms with Crippen molar-refractivity contribution in [3.8, 4) is 0 Å². The fraction of sp³-hybridized carbons (Fsp3) is 0.0870. The molecule has 2 amide bonds. The molecule has 1 aliphatic rings. The Morgan fingerprint density at radius 3 is 2.44 bits per heavy atom. The number of imide groups is 1. The van der Waals surface area contributed by atoms with Crippen LogP contribution in [0, 0.1) is 0 Å². The van der Waals surface area contributed by atoms with Crippen LogP contribution in [0.15, 0.2) is 48.5 Å². The third kappa shape index (κ3) is 2.09. The summed E-state index contributed by atoms with van der Waals surface area (Å²) in [6.45, 7) is 0.586. The maximum atomic E-state index is 13.0. The normalized spacial score (nSPS) is 13.6. The first-order valence-electron chi connectivity index (χ1n) is 10.3. The molecule has 32 heavy (non-hydrogen) atoms. The molecule has 0 atom stereocenters. The standard InChI is InChI=1S/C23H15N7O2/c31-22-18-16-11-5-1-3-7-13(11)24-20(16)21-17(19(18)23(32)25-22)12-6-2-4-8-14(12)30(21)10-9-15-26-28-29-27-15/h1-8,24H,9-10H2,(H,25,31,32)(H,26,27,28,29). The van der Waals surface area contributed by atoms with Gasteiger partial charge in [0.1, 0.15) is 0 Å². The summed E-state index contributed by atoms with van der Waals surface area (Å²) in [7, 11) is 0. The predicted molar refractivity (Wildman–Crippen MR) is 118 cm³/mol. The lowest BCUT2D eigenvalue weighted by molar-refractivity contribution is 0.0880. The molecule has 3 aromatic carbocycles. The third-order valence-corrected chi connectivity index (χ3v) is 6.29. The molecule has 1 aliphatic heterocycles. The maximum Gasteiger partial charge on any atom is 0.259 e. The number of aromatic amines is 2. The molecule has 9 nitrogen and oxygen atoms in total. The van der Waals surface area contributed by atoms with E-state index >= 15 is 0 Å². The highest BCUT2D eigenvalue weighted by atomic mass is 16.2. The van der Waals surface area contributed by atoms with Crippen molar-refractivity contribution in [1.29, 1.82) is 0 Å². The molecule has 3 N–H and O–H groups in total. The summed E-state index contributed by atoms with van der Waals surface area (Å²) in [6, 6.07) is 15.8. The number of carbonyl (C=O) groups excluding carboxylic acids is 2. The number of nitrogens with zero attached hydrogens (tertiary/aromatic N) is 4. The third-order valence-electron chi connectivity index (χ3n) is 6.29. The summed E-state index contributed by atoms with van der Waals surface area (Å²) >= 11 is 0. The molecule has 4 heterocycles. The van der Waals surface area contributed by atoms with Gasteiger partial charge in [0, 0.05) is 45.5 Å². The number of amides is 2. The SMILES string of the molecule is O=C1NC(=O)c2c1c1c3ccccc3[nH]c1c1c2c2ccccc2n1CCc1nn[nH]n1. The number of carbonyl (C=O) groups is 2. The number of aromatic nitrogens is 6. The van der Waals surface area contributed by atoms with Crippen LogP contribution in [-0.4, -0.2) is 42.0 Å². The van der Waals surface area contributed by atoms with Crippen molar-refractivity contribution in [2.24, 2.45) is 0 Å². The second kappa shape index (κ2) is 6.01. The molecular formula is C23H15N7O2. The summed E-state index contributed by atoms with van der Waals surface area (Å²) in [5.74, 6) is -0.105. The van der Waals surface area contributed by atoms with E-state index in [9.17, 15) is 9.59 Å². The summed E-state index contributed by atoms with van der Waals surface area (Å²) < 4.78 is 2.18. The van der Waals surface area contributed by atoms with E-state index in [4.69, 9.17) is 0 Å². The van der Waals surface area contributed by atoms with E-state index in [1.54, 1.807) is 0 Å². The largest absolute Gasteiger partial charge is 0.353 e. The Morgan fingerprint density at radius 2 is 1.62 bits per heavy atom. The van der Waals surface area contributed by atoms with Gasteiger partial charge in [0.2, 0.25) is 0 Å². The molecule has 0 saturated carbocycles. The van der Waals surface area contributed by atoms with Crippen LogP contribution < -0.4 is 5.32 Å². The highest BCUT2D eigenvalue weighted by Crippen LogP contribution is 2.43. The summed E-state index contributed by atoms with van der Waals surface area (Å²) in [5, 5.41) is 20.2.